The van der Waals surface area contributed by atoms with Crippen molar-refractivity contribution < 1.29 is 24.5 Å². The third-order valence-corrected chi connectivity index (χ3v) is 2.87. The molecule has 0 aromatic carbocycles. The lowest BCUT2D eigenvalue weighted by molar-refractivity contribution is 0.0869. The Kier molecular flexibility index (Phi) is 8.94. The van der Waals surface area contributed by atoms with E-state index in [4.69, 9.17) is 10.2 Å². The maximum atomic E-state index is 9.74. The Morgan fingerprint density at radius 2 is 1.44 bits per heavy atom. The van der Waals surface area contributed by atoms with Gasteiger partial charge >= 0.3 is 6.16 Å². The zero-order chi connectivity index (χ0) is 12.4. The van der Waals surface area contributed by atoms with Gasteiger partial charge in [-0.15, -0.1) is 0 Å². The van der Waals surface area contributed by atoms with Crippen molar-refractivity contribution in [1.29, 1.82) is 0 Å². The summed E-state index contributed by atoms with van der Waals surface area (Å²) >= 11 is 0. The minimum Gasteiger partial charge on any atom is -0.438 e. The zero-order valence-electron chi connectivity index (χ0n) is 10.0. The summed E-state index contributed by atoms with van der Waals surface area (Å²) in [5, 5.41) is 17.8. The normalized spacial score (nSPS) is 24.0. The molecule has 5 nitrogen and oxygen atoms in total. The van der Waals surface area contributed by atoms with Crippen molar-refractivity contribution in [3.05, 3.63) is 0 Å². The first-order valence-corrected chi connectivity index (χ1v) is 5.53. The second-order valence-corrected chi connectivity index (χ2v) is 3.83. The van der Waals surface area contributed by atoms with Crippen LogP contribution >= 0.6 is 0 Å². The molecule has 96 valence electrons. The van der Waals surface area contributed by atoms with Crippen LogP contribution in [0, 0.1) is 11.8 Å². The highest BCUT2D eigenvalue weighted by molar-refractivity contribution is 5.59. The summed E-state index contributed by atoms with van der Waals surface area (Å²) in [6.07, 6.45) is 3.99. The molecule has 5 heteroatoms. The Balaban J connectivity index is 0.000000325. The van der Waals surface area contributed by atoms with Crippen molar-refractivity contribution in [1.82, 2.24) is 0 Å². The predicted molar refractivity (Wildman–Crippen MR) is 59.0 cm³/mol. The molecule has 0 radical (unpaired) electrons. The van der Waals surface area contributed by atoms with Gasteiger partial charge in [0, 0.05) is 13.2 Å². The van der Waals surface area contributed by atoms with Gasteiger partial charge in [-0.1, -0.05) is 12.8 Å². The average Bonchev–Trinajstić information content (AvgIpc) is 2.38. The number of hydrogen-bond donors (Lipinski definition) is 2. The topological polar surface area (TPSA) is 76.0 Å². The molecule has 0 aliphatic heterocycles. The van der Waals surface area contributed by atoms with Crippen LogP contribution in [0.2, 0.25) is 0 Å². The quantitative estimate of drug-likeness (QED) is 0.702. The van der Waals surface area contributed by atoms with Crippen LogP contribution in [0.3, 0.4) is 0 Å². The van der Waals surface area contributed by atoms with Gasteiger partial charge < -0.3 is 19.7 Å². The van der Waals surface area contributed by atoms with Crippen molar-refractivity contribution >= 4 is 6.16 Å². The monoisotopic (exact) mass is 234 g/mol. The Morgan fingerprint density at radius 3 is 1.62 bits per heavy atom. The van der Waals surface area contributed by atoms with Gasteiger partial charge in [0.05, 0.1) is 14.2 Å². The van der Waals surface area contributed by atoms with Crippen LogP contribution in [0.15, 0.2) is 0 Å². The minimum atomic E-state index is -0.657. The maximum Gasteiger partial charge on any atom is 0.507 e. The number of hydrogen-bond acceptors (Lipinski definition) is 5. The third kappa shape index (κ3) is 5.92. The molecular weight excluding hydrogens is 212 g/mol. The van der Waals surface area contributed by atoms with Gasteiger partial charge in [-0.3, -0.25) is 0 Å². The van der Waals surface area contributed by atoms with Crippen LogP contribution in [0.1, 0.15) is 25.7 Å². The fourth-order valence-corrected chi connectivity index (χ4v) is 1.85. The SMILES string of the molecule is COC(=O)OC.OCC1CCCCC1CO. The lowest BCUT2D eigenvalue weighted by Crippen LogP contribution is -2.25. The first-order chi connectivity index (χ1) is 7.69. The number of methoxy groups -OCH3 is 2. The van der Waals surface area contributed by atoms with Gasteiger partial charge in [0.25, 0.3) is 0 Å². The Bertz CT molecular complexity index is 165. The highest BCUT2D eigenvalue weighted by atomic mass is 16.7. The summed E-state index contributed by atoms with van der Waals surface area (Å²) in [7, 11) is 2.51. The number of ether oxygens (including phenoxy) is 2. The Hall–Kier alpha value is -0.810. The van der Waals surface area contributed by atoms with E-state index >= 15 is 0 Å². The summed E-state index contributed by atoms with van der Waals surface area (Å²) in [4.78, 5) is 9.74. The van der Waals surface area contributed by atoms with E-state index in [0.717, 1.165) is 12.8 Å². The van der Waals surface area contributed by atoms with Crippen molar-refractivity contribution in [2.24, 2.45) is 11.8 Å². The van der Waals surface area contributed by atoms with Gasteiger partial charge in [-0.2, -0.15) is 0 Å². The molecule has 0 amide bonds. The second kappa shape index (κ2) is 9.42. The van der Waals surface area contributed by atoms with E-state index in [1.807, 2.05) is 0 Å². The van der Waals surface area contributed by atoms with E-state index in [1.165, 1.54) is 27.1 Å². The van der Waals surface area contributed by atoms with Crippen LogP contribution in [-0.4, -0.2) is 43.8 Å². The minimum absolute atomic E-state index is 0.255. The summed E-state index contributed by atoms with van der Waals surface area (Å²) in [5.74, 6) is 0.748. The van der Waals surface area contributed by atoms with E-state index in [2.05, 4.69) is 9.47 Å². The van der Waals surface area contributed by atoms with Crippen LogP contribution < -0.4 is 0 Å². The molecule has 0 saturated heterocycles. The van der Waals surface area contributed by atoms with Gasteiger partial charge in [0.1, 0.15) is 0 Å². The molecule has 2 atom stereocenters. The van der Waals surface area contributed by atoms with E-state index in [-0.39, 0.29) is 13.2 Å². The van der Waals surface area contributed by atoms with Gasteiger partial charge in [0.2, 0.25) is 0 Å². The average molecular weight is 234 g/mol. The van der Waals surface area contributed by atoms with E-state index in [1.54, 1.807) is 0 Å². The molecule has 0 aromatic heterocycles. The molecule has 1 rings (SSSR count). The largest absolute Gasteiger partial charge is 0.507 e. The number of aliphatic hydroxyl groups excluding tert-OH is 2. The molecule has 0 spiro atoms. The summed E-state index contributed by atoms with van der Waals surface area (Å²) < 4.78 is 8.08. The summed E-state index contributed by atoms with van der Waals surface area (Å²) in [6.45, 7) is 0.510. The molecule has 1 aliphatic rings. The van der Waals surface area contributed by atoms with Gasteiger partial charge in [-0.05, 0) is 24.7 Å². The van der Waals surface area contributed by atoms with Gasteiger partial charge in [-0.25, -0.2) is 4.79 Å². The van der Waals surface area contributed by atoms with Crippen molar-refractivity contribution in [3.63, 3.8) is 0 Å². The molecule has 0 heterocycles. The van der Waals surface area contributed by atoms with Crippen molar-refractivity contribution in [3.8, 4) is 0 Å². The van der Waals surface area contributed by atoms with Crippen LogP contribution in [0.25, 0.3) is 0 Å². The van der Waals surface area contributed by atoms with Crippen LogP contribution in [-0.2, 0) is 9.47 Å². The summed E-state index contributed by atoms with van der Waals surface area (Å²) in [6, 6.07) is 0. The lowest BCUT2D eigenvalue weighted by Gasteiger charge is -2.28. The van der Waals surface area contributed by atoms with Gasteiger partial charge in [0.15, 0.2) is 0 Å². The zero-order valence-corrected chi connectivity index (χ0v) is 10.0. The fourth-order valence-electron chi connectivity index (χ4n) is 1.85. The number of aliphatic hydroxyl groups is 2. The molecule has 1 saturated carbocycles. The van der Waals surface area contributed by atoms with Crippen LogP contribution in [0.5, 0.6) is 0 Å². The Labute approximate surface area is 96.4 Å². The smallest absolute Gasteiger partial charge is 0.438 e. The summed E-state index contributed by atoms with van der Waals surface area (Å²) in [5.41, 5.74) is 0. The molecule has 0 aromatic rings. The lowest BCUT2D eigenvalue weighted by atomic mass is 9.80. The highest BCUT2D eigenvalue weighted by Gasteiger charge is 2.23. The number of rotatable bonds is 2. The third-order valence-electron chi connectivity index (χ3n) is 2.87. The molecular formula is C11H22O5. The molecule has 2 unspecified atom stereocenters. The van der Waals surface area contributed by atoms with Crippen molar-refractivity contribution in [2.75, 3.05) is 27.4 Å². The Morgan fingerprint density at radius 1 is 1.06 bits per heavy atom. The first-order valence-electron chi connectivity index (χ1n) is 5.53. The second-order valence-electron chi connectivity index (χ2n) is 3.83. The molecule has 1 aliphatic carbocycles. The van der Waals surface area contributed by atoms with Crippen LogP contribution in [0.4, 0.5) is 4.79 Å². The number of carbonyl (C=O) groups excluding carboxylic acids is 1. The van der Waals surface area contributed by atoms with E-state index in [9.17, 15) is 4.79 Å². The highest BCUT2D eigenvalue weighted by Crippen LogP contribution is 2.28. The molecule has 1 fully saturated rings. The molecule has 16 heavy (non-hydrogen) atoms. The standard InChI is InChI=1S/C8H16O2.C3H6O3/c9-5-7-3-1-2-4-8(7)6-10;1-5-3(4)6-2/h7-10H,1-6H2;1-2H3. The predicted octanol–water partition coefficient (Wildman–Crippen LogP) is 1.18. The number of carbonyl (C=O) groups is 1. The maximum absolute atomic E-state index is 9.74. The molecule has 2 N–H and O–H groups in total. The van der Waals surface area contributed by atoms with E-state index in [0.29, 0.717) is 11.8 Å². The first kappa shape index (κ1) is 15.2. The fraction of sp³-hybridized carbons (Fsp3) is 0.909. The van der Waals surface area contributed by atoms with Crippen molar-refractivity contribution in [2.45, 2.75) is 25.7 Å². The molecule has 0 bridgehead atoms. The van der Waals surface area contributed by atoms with E-state index < -0.39 is 6.16 Å².